The number of fused-ring (bicyclic) bond motifs is 1. The predicted octanol–water partition coefficient (Wildman–Crippen LogP) is 2.26. The van der Waals surface area contributed by atoms with E-state index in [0.29, 0.717) is 12.2 Å². The number of carboxylic acids is 1. The van der Waals surface area contributed by atoms with Gasteiger partial charge in [-0.15, -0.1) is 0 Å². The Balaban J connectivity index is 2.20. The highest BCUT2D eigenvalue weighted by atomic mass is 16.5. The van der Waals surface area contributed by atoms with E-state index in [1.807, 2.05) is 18.2 Å². The molecule has 2 rings (SSSR count). The van der Waals surface area contributed by atoms with Gasteiger partial charge in [-0.1, -0.05) is 13.0 Å². The number of hydrogen-bond acceptors (Lipinski definition) is 3. The number of nitrogens with two attached hydrogens (primary N) is 1. The van der Waals surface area contributed by atoms with Crippen LogP contribution in [0.15, 0.2) is 18.2 Å². The Labute approximate surface area is 107 Å². The van der Waals surface area contributed by atoms with Crippen molar-refractivity contribution < 1.29 is 14.6 Å². The highest BCUT2D eigenvalue weighted by Gasteiger charge is 2.20. The second-order valence-electron chi connectivity index (χ2n) is 4.71. The predicted molar refractivity (Wildman–Crippen MR) is 68.7 cm³/mol. The van der Waals surface area contributed by atoms with E-state index in [0.717, 1.165) is 24.8 Å². The minimum atomic E-state index is -0.931. The maximum atomic E-state index is 10.9. The van der Waals surface area contributed by atoms with Crippen molar-refractivity contribution in [2.45, 2.75) is 44.8 Å². The van der Waals surface area contributed by atoms with E-state index in [1.54, 1.807) is 6.92 Å². The molecule has 3 N–H and O–H groups in total. The Bertz CT molecular complexity index is 445. The summed E-state index contributed by atoms with van der Waals surface area (Å²) in [7, 11) is 0. The number of carboxylic acid groups (broad SMARTS) is 1. The monoisotopic (exact) mass is 249 g/mol. The molecule has 1 aliphatic carbocycles. The summed E-state index contributed by atoms with van der Waals surface area (Å²) in [5, 5.41) is 8.98. The summed E-state index contributed by atoms with van der Waals surface area (Å²) < 4.78 is 5.48. The fraction of sp³-hybridized carbons (Fsp3) is 0.500. The van der Waals surface area contributed by atoms with Crippen LogP contribution >= 0.6 is 0 Å². The molecule has 98 valence electrons. The van der Waals surface area contributed by atoms with Crippen molar-refractivity contribution in [3.05, 3.63) is 29.3 Å². The summed E-state index contributed by atoms with van der Waals surface area (Å²) in [5.74, 6) is -0.333. The lowest BCUT2D eigenvalue weighted by molar-refractivity contribution is -0.145. The van der Waals surface area contributed by atoms with Crippen molar-refractivity contribution in [2.75, 3.05) is 0 Å². The van der Waals surface area contributed by atoms with Crippen molar-refractivity contribution in [3.8, 4) is 5.75 Å². The smallest absolute Gasteiger partial charge is 0.344 e. The maximum absolute atomic E-state index is 10.9. The van der Waals surface area contributed by atoms with Gasteiger partial charge in [0, 0.05) is 6.04 Å². The molecule has 1 aliphatic rings. The molecule has 4 heteroatoms. The molecule has 0 aliphatic heterocycles. The lowest BCUT2D eigenvalue weighted by Crippen LogP contribution is -2.26. The second-order valence-corrected chi connectivity index (χ2v) is 4.71. The van der Waals surface area contributed by atoms with Crippen molar-refractivity contribution >= 4 is 5.97 Å². The third kappa shape index (κ3) is 2.64. The fourth-order valence-corrected chi connectivity index (χ4v) is 2.36. The van der Waals surface area contributed by atoms with Crippen LogP contribution < -0.4 is 10.5 Å². The number of benzene rings is 1. The van der Waals surface area contributed by atoms with Crippen molar-refractivity contribution in [1.29, 1.82) is 0 Å². The summed E-state index contributed by atoms with van der Waals surface area (Å²) >= 11 is 0. The molecule has 2 unspecified atom stereocenters. The number of rotatable bonds is 4. The average Bonchev–Trinajstić information content (AvgIpc) is 2.36. The van der Waals surface area contributed by atoms with Crippen LogP contribution in [0.1, 0.15) is 43.4 Å². The first kappa shape index (κ1) is 12.9. The second kappa shape index (κ2) is 5.40. The molecule has 0 saturated carbocycles. The van der Waals surface area contributed by atoms with Gasteiger partial charge in [-0.3, -0.25) is 0 Å². The van der Waals surface area contributed by atoms with Crippen molar-refractivity contribution in [3.63, 3.8) is 0 Å². The molecule has 0 saturated heterocycles. The molecule has 0 heterocycles. The van der Waals surface area contributed by atoms with E-state index < -0.39 is 12.1 Å². The quantitative estimate of drug-likeness (QED) is 0.858. The Hall–Kier alpha value is -1.55. The van der Waals surface area contributed by atoms with Gasteiger partial charge >= 0.3 is 5.97 Å². The number of carbonyl (C=O) groups is 1. The number of aryl methyl sites for hydroxylation is 1. The summed E-state index contributed by atoms with van der Waals surface area (Å²) in [6.45, 7) is 1.79. The zero-order valence-corrected chi connectivity index (χ0v) is 10.6. The molecular formula is C14H19NO3. The SMILES string of the molecule is CCC(Oc1ccc2c(c1)C(N)CCC2)C(=O)O. The van der Waals surface area contributed by atoms with Crippen LogP contribution in [0.25, 0.3) is 0 Å². The largest absolute Gasteiger partial charge is 0.479 e. The molecule has 0 fully saturated rings. The number of hydrogen-bond donors (Lipinski definition) is 2. The van der Waals surface area contributed by atoms with E-state index in [1.165, 1.54) is 5.56 Å². The van der Waals surface area contributed by atoms with Gasteiger partial charge in [-0.2, -0.15) is 0 Å². The van der Waals surface area contributed by atoms with E-state index in [9.17, 15) is 4.79 Å². The molecule has 0 amide bonds. The van der Waals surface area contributed by atoms with Gasteiger partial charge < -0.3 is 15.6 Å². The number of aliphatic carboxylic acids is 1. The zero-order valence-electron chi connectivity index (χ0n) is 10.6. The summed E-state index contributed by atoms with van der Waals surface area (Å²) in [6, 6.07) is 5.77. The van der Waals surface area contributed by atoms with Crippen LogP contribution in [0.4, 0.5) is 0 Å². The van der Waals surface area contributed by atoms with Gasteiger partial charge in [-0.25, -0.2) is 4.79 Å². The molecule has 0 bridgehead atoms. The molecule has 0 spiro atoms. The highest BCUT2D eigenvalue weighted by molar-refractivity contribution is 5.72. The third-order valence-electron chi connectivity index (χ3n) is 3.40. The van der Waals surface area contributed by atoms with Gasteiger partial charge in [0.05, 0.1) is 0 Å². The van der Waals surface area contributed by atoms with Crippen LogP contribution in [0.3, 0.4) is 0 Å². The first-order valence-electron chi connectivity index (χ1n) is 6.39. The third-order valence-corrected chi connectivity index (χ3v) is 3.40. The first-order valence-corrected chi connectivity index (χ1v) is 6.39. The maximum Gasteiger partial charge on any atom is 0.344 e. The normalized spacial score (nSPS) is 20.0. The molecule has 18 heavy (non-hydrogen) atoms. The Kier molecular flexibility index (Phi) is 3.87. The molecule has 1 aromatic carbocycles. The molecule has 0 aromatic heterocycles. The van der Waals surface area contributed by atoms with Gasteiger partial charge in [0.1, 0.15) is 5.75 Å². The summed E-state index contributed by atoms with van der Waals surface area (Å²) in [4.78, 5) is 10.9. The summed E-state index contributed by atoms with van der Waals surface area (Å²) in [6.07, 6.45) is 2.79. The Morgan fingerprint density at radius 3 is 3.06 bits per heavy atom. The highest BCUT2D eigenvalue weighted by Crippen LogP contribution is 2.31. The van der Waals surface area contributed by atoms with Gasteiger partial charge in [-0.05, 0) is 48.9 Å². The lowest BCUT2D eigenvalue weighted by Gasteiger charge is -2.23. The van der Waals surface area contributed by atoms with Crippen LogP contribution in [0.2, 0.25) is 0 Å². The van der Waals surface area contributed by atoms with Crippen molar-refractivity contribution in [1.82, 2.24) is 0 Å². The van der Waals surface area contributed by atoms with Crippen molar-refractivity contribution in [2.24, 2.45) is 5.73 Å². The Morgan fingerprint density at radius 1 is 1.61 bits per heavy atom. The minimum Gasteiger partial charge on any atom is -0.479 e. The minimum absolute atomic E-state index is 0.0437. The van der Waals surface area contributed by atoms with E-state index in [-0.39, 0.29) is 6.04 Å². The Morgan fingerprint density at radius 2 is 2.39 bits per heavy atom. The fourth-order valence-electron chi connectivity index (χ4n) is 2.36. The molecule has 4 nitrogen and oxygen atoms in total. The topological polar surface area (TPSA) is 72.5 Å². The standard InChI is InChI=1S/C14H19NO3/c1-2-13(14(16)17)18-10-7-6-9-4-3-5-12(15)11(9)8-10/h6-8,12-13H,2-5,15H2,1H3,(H,16,17). The van der Waals surface area contributed by atoms with Crippen LogP contribution in [0.5, 0.6) is 5.75 Å². The van der Waals surface area contributed by atoms with E-state index in [2.05, 4.69) is 0 Å². The first-order chi connectivity index (χ1) is 8.61. The van der Waals surface area contributed by atoms with Gasteiger partial charge in [0.2, 0.25) is 0 Å². The average molecular weight is 249 g/mol. The van der Waals surface area contributed by atoms with Gasteiger partial charge in [0.15, 0.2) is 6.10 Å². The molecule has 2 atom stereocenters. The lowest BCUT2D eigenvalue weighted by atomic mass is 9.88. The van der Waals surface area contributed by atoms with Crippen LogP contribution in [0, 0.1) is 0 Å². The molecular weight excluding hydrogens is 230 g/mol. The molecule has 0 radical (unpaired) electrons. The number of ether oxygens (including phenoxy) is 1. The van der Waals surface area contributed by atoms with E-state index >= 15 is 0 Å². The summed E-state index contributed by atoms with van der Waals surface area (Å²) in [5.41, 5.74) is 8.42. The van der Waals surface area contributed by atoms with E-state index in [4.69, 9.17) is 15.6 Å². The molecule has 1 aromatic rings. The zero-order chi connectivity index (χ0) is 13.1. The van der Waals surface area contributed by atoms with Crippen LogP contribution in [-0.4, -0.2) is 17.2 Å². The van der Waals surface area contributed by atoms with Crippen LogP contribution in [-0.2, 0) is 11.2 Å². The van der Waals surface area contributed by atoms with Gasteiger partial charge in [0.25, 0.3) is 0 Å².